The van der Waals surface area contributed by atoms with Crippen LogP contribution in [0, 0.1) is 18.8 Å². The second-order valence-corrected chi connectivity index (χ2v) is 10.9. The second kappa shape index (κ2) is 10.8. The summed E-state index contributed by atoms with van der Waals surface area (Å²) in [6.45, 7) is 5.74. The minimum absolute atomic E-state index is 0.0876. The van der Waals surface area contributed by atoms with Gasteiger partial charge in [0.2, 0.25) is 10.0 Å². The monoisotopic (exact) mass is 487 g/mol. The Labute approximate surface area is 202 Å². The molecule has 2 aromatic rings. The third-order valence-corrected chi connectivity index (χ3v) is 8.50. The highest BCUT2D eigenvalue weighted by Gasteiger charge is 2.33. The zero-order valence-electron chi connectivity index (χ0n) is 19.9. The lowest BCUT2D eigenvalue weighted by Crippen LogP contribution is -2.37. The van der Waals surface area contributed by atoms with E-state index in [0.29, 0.717) is 44.4 Å². The molecule has 2 aliphatic rings. The number of aryl methyl sites for hydroxylation is 1. The first-order valence-electron chi connectivity index (χ1n) is 12.0. The van der Waals surface area contributed by atoms with Crippen LogP contribution >= 0.6 is 0 Å². The number of hydrogen-bond acceptors (Lipinski definition) is 6. The van der Waals surface area contributed by atoms with E-state index in [2.05, 4.69) is 0 Å². The van der Waals surface area contributed by atoms with Gasteiger partial charge in [-0.25, -0.2) is 8.42 Å². The maximum atomic E-state index is 13.8. The van der Waals surface area contributed by atoms with Crippen LogP contribution in [0.3, 0.4) is 0 Å². The van der Waals surface area contributed by atoms with E-state index in [4.69, 9.17) is 14.2 Å². The van der Waals surface area contributed by atoms with Crippen LogP contribution in [0.1, 0.15) is 43.7 Å². The second-order valence-electron chi connectivity index (χ2n) is 9.00. The summed E-state index contributed by atoms with van der Waals surface area (Å²) in [7, 11) is -3.78. The lowest BCUT2D eigenvalue weighted by Gasteiger charge is -2.32. The van der Waals surface area contributed by atoms with Crippen LogP contribution in [0.25, 0.3) is 0 Å². The molecule has 0 amide bonds. The van der Waals surface area contributed by atoms with E-state index in [1.807, 2.05) is 38.1 Å². The number of ether oxygens (including phenoxy) is 3. The summed E-state index contributed by atoms with van der Waals surface area (Å²) >= 11 is 0. The van der Waals surface area contributed by atoms with Crippen molar-refractivity contribution in [2.75, 3.05) is 26.4 Å². The van der Waals surface area contributed by atoms with Crippen LogP contribution in [-0.2, 0) is 26.1 Å². The third kappa shape index (κ3) is 5.55. The van der Waals surface area contributed by atoms with Gasteiger partial charge in [-0.05, 0) is 68.7 Å². The average molecular weight is 488 g/mol. The fourth-order valence-electron chi connectivity index (χ4n) is 4.69. The number of nitrogens with zero attached hydrogens (tertiary/aromatic N) is 1. The predicted octanol–water partition coefficient (Wildman–Crippen LogP) is 4.33. The van der Waals surface area contributed by atoms with E-state index in [9.17, 15) is 13.2 Å². The molecule has 4 rings (SSSR count). The molecule has 0 spiro atoms. The van der Waals surface area contributed by atoms with E-state index in [1.54, 1.807) is 22.5 Å². The number of rotatable bonds is 8. The molecule has 0 radical (unpaired) electrons. The maximum Gasteiger partial charge on any atom is 0.308 e. The molecule has 1 heterocycles. The Balaban J connectivity index is 1.56. The fourth-order valence-corrected chi connectivity index (χ4v) is 6.20. The Morgan fingerprint density at radius 3 is 2.44 bits per heavy atom. The van der Waals surface area contributed by atoms with Gasteiger partial charge in [0.15, 0.2) is 11.5 Å². The number of carbonyl (C=O) groups excluding carboxylic acids is 1. The van der Waals surface area contributed by atoms with Crippen molar-refractivity contribution in [1.82, 2.24) is 4.31 Å². The third-order valence-electron chi connectivity index (χ3n) is 6.69. The van der Waals surface area contributed by atoms with E-state index in [0.717, 1.165) is 36.8 Å². The molecular weight excluding hydrogens is 454 g/mol. The Hall–Kier alpha value is -2.58. The van der Waals surface area contributed by atoms with Gasteiger partial charge in [0, 0.05) is 19.2 Å². The molecule has 0 unspecified atom stereocenters. The number of sulfonamides is 1. The van der Waals surface area contributed by atoms with Gasteiger partial charge in [0.1, 0.15) is 13.2 Å². The number of fused-ring (bicyclic) bond motifs is 1. The standard InChI is InChI=1S/C26H33NO6S/c1-3-31-26(28)21-10-8-20(9-11-21)17-27(18-22-7-5-4-6-19(22)2)34(29,30)23-12-13-24-25(16-23)33-15-14-32-24/h4-7,12-13,16,20-21H,3,8-11,14-15,17-18H2,1-2H3. The first-order chi connectivity index (χ1) is 16.4. The number of esters is 1. The summed E-state index contributed by atoms with van der Waals surface area (Å²) in [5.74, 6) is 0.977. The van der Waals surface area contributed by atoms with Gasteiger partial charge in [-0.1, -0.05) is 24.3 Å². The molecule has 0 aromatic heterocycles. The minimum Gasteiger partial charge on any atom is -0.486 e. The first-order valence-corrected chi connectivity index (χ1v) is 13.4. The van der Waals surface area contributed by atoms with Gasteiger partial charge in [-0.15, -0.1) is 0 Å². The lowest BCUT2D eigenvalue weighted by atomic mass is 9.82. The van der Waals surface area contributed by atoms with Crippen molar-refractivity contribution in [2.45, 2.75) is 51.0 Å². The molecule has 1 fully saturated rings. The minimum atomic E-state index is -3.78. The van der Waals surface area contributed by atoms with Crippen LogP contribution in [-0.4, -0.2) is 45.1 Å². The van der Waals surface area contributed by atoms with Crippen molar-refractivity contribution in [3.63, 3.8) is 0 Å². The van der Waals surface area contributed by atoms with Gasteiger partial charge in [0.25, 0.3) is 0 Å². The molecule has 7 nitrogen and oxygen atoms in total. The normalized spacial score (nSPS) is 20.2. The van der Waals surface area contributed by atoms with Crippen molar-refractivity contribution in [1.29, 1.82) is 0 Å². The smallest absolute Gasteiger partial charge is 0.308 e. The fraction of sp³-hybridized carbons (Fsp3) is 0.500. The number of benzene rings is 2. The molecule has 8 heteroatoms. The number of hydrogen-bond donors (Lipinski definition) is 0. The summed E-state index contributed by atoms with van der Waals surface area (Å²) in [6.07, 6.45) is 3.05. The van der Waals surface area contributed by atoms with Crippen molar-refractivity contribution < 1.29 is 27.4 Å². The summed E-state index contributed by atoms with van der Waals surface area (Å²) in [6, 6.07) is 12.7. The molecular formula is C26H33NO6S. The molecule has 0 atom stereocenters. The lowest BCUT2D eigenvalue weighted by molar-refractivity contribution is -0.149. The molecule has 2 aromatic carbocycles. The van der Waals surface area contributed by atoms with Crippen molar-refractivity contribution in [2.24, 2.45) is 11.8 Å². The van der Waals surface area contributed by atoms with E-state index >= 15 is 0 Å². The first kappa shape index (κ1) is 24.5. The van der Waals surface area contributed by atoms with Crippen molar-refractivity contribution >= 4 is 16.0 Å². The summed E-state index contributed by atoms with van der Waals surface area (Å²) in [5, 5.41) is 0. The molecule has 0 N–H and O–H groups in total. The molecule has 1 aliphatic heterocycles. The van der Waals surface area contributed by atoms with Crippen LogP contribution in [0.4, 0.5) is 0 Å². The highest BCUT2D eigenvalue weighted by molar-refractivity contribution is 7.89. The Bertz CT molecular complexity index is 1110. The Morgan fingerprint density at radius 2 is 1.74 bits per heavy atom. The number of carbonyl (C=O) groups is 1. The largest absolute Gasteiger partial charge is 0.486 e. The topological polar surface area (TPSA) is 82.1 Å². The Morgan fingerprint density at radius 1 is 1.03 bits per heavy atom. The molecule has 0 saturated heterocycles. The summed E-state index contributed by atoms with van der Waals surface area (Å²) in [5.41, 5.74) is 2.03. The zero-order chi connectivity index (χ0) is 24.1. The summed E-state index contributed by atoms with van der Waals surface area (Å²) < 4.78 is 45.6. The average Bonchev–Trinajstić information content (AvgIpc) is 2.85. The van der Waals surface area contributed by atoms with Crippen molar-refractivity contribution in [3.05, 3.63) is 53.6 Å². The molecule has 184 valence electrons. The van der Waals surface area contributed by atoms with Crippen molar-refractivity contribution in [3.8, 4) is 11.5 Å². The molecule has 1 aliphatic carbocycles. The van der Waals surface area contributed by atoms with Gasteiger partial charge < -0.3 is 14.2 Å². The predicted molar refractivity (Wildman–Crippen MR) is 128 cm³/mol. The highest BCUT2D eigenvalue weighted by Crippen LogP contribution is 2.35. The zero-order valence-corrected chi connectivity index (χ0v) is 20.7. The molecule has 0 bridgehead atoms. The van der Waals surface area contributed by atoms with E-state index in [-0.39, 0.29) is 22.7 Å². The van der Waals surface area contributed by atoms with Gasteiger partial charge in [-0.3, -0.25) is 4.79 Å². The van der Waals surface area contributed by atoms with Gasteiger partial charge in [-0.2, -0.15) is 4.31 Å². The quantitative estimate of drug-likeness (QED) is 0.516. The van der Waals surface area contributed by atoms with Crippen LogP contribution in [0.2, 0.25) is 0 Å². The molecule has 34 heavy (non-hydrogen) atoms. The summed E-state index contributed by atoms with van der Waals surface area (Å²) in [4.78, 5) is 12.3. The van der Waals surface area contributed by atoms with Crippen LogP contribution < -0.4 is 9.47 Å². The van der Waals surface area contributed by atoms with Crippen LogP contribution in [0.5, 0.6) is 11.5 Å². The Kier molecular flexibility index (Phi) is 7.78. The SMILES string of the molecule is CCOC(=O)C1CCC(CN(Cc2ccccc2C)S(=O)(=O)c2ccc3c(c2)OCCO3)CC1. The van der Waals surface area contributed by atoms with E-state index in [1.165, 1.54) is 0 Å². The van der Waals surface area contributed by atoms with Crippen LogP contribution in [0.15, 0.2) is 47.4 Å². The van der Waals surface area contributed by atoms with Gasteiger partial charge in [0.05, 0.1) is 17.4 Å². The maximum absolute atomic E-state index is 13.8. The van der Waals surface area contributed by atoms with E-state index < -0.39 is 10.0 Å². The highest BCUT2D eigenvalue weighted by atomic mass is 32.2. The van der Waals surface area contributed by atoms with Gasteiger partial charge >= 0.3 is 5.97 Å². The molecule has 1 saturated carbocycles.